The Labute approximate surface area is 217 Å². The molecule has 3 aromatic carbocycles. The third-order valence-corrected chi connectivity index (χ3v) is 6.80. The van der Waals surface area contributed by atoms with Crippen LogP contribution in [-0.2, 0) is 4.74 Å². The summed E-state index contributed by atoms with van der Waals surface area (Å²) in [7, 11) is 0. The van der Waals surface area contributed by atoms with E-state index in [-0.39, 0.29) is 42.9 Å². The minimum absolute atomic E-state index is 0. The van der Waals surface area contributed by atoms with E-state index in [1.165, 1.54) is 22.3 Å². The number of piperazine rings is 1. The molecule has 0 saturated carbocycles. The lowest BCUT2D eigenvalue weighted by Gasteiger charge is -2.33. The molecule has 1 unspecified atom stereocenters. The molecule has 1 N–H and O–H groups in total. The van der Waals surface area contributed by atoms with Crippen LogP contribution in [0.3, 0.4) is 0 Å². The zero-order valence-electron chi connectivity index (χ0n) is 19.1. The van der Waals surface area contributed by atoms with Crippen LogP contribution in [-0.4, -0.2) is 42.2 Å². The number of hydrogen-bond acceptors (Lipinski definition) is 4. The summed E-state index contributed by atoms with van der Waals surface area (Å²) in [5.74, 6) is 0.0693. The Morgan fingerprint density at radius 1 is 0.914 bits per heavy atom. The predicted molar refractivity (Wildman–Crippen MR) is 144 cm³/mol. The third kappa shape index (κ3) is 4.59. The van der Waals surface area contributed by atoms with Crippen molar-refractivity contribution >= 4 is 41.7 Å². The van der Waals surface area contributed by atoms with E-state index in [1.54, 1.807) is 4.90 Å². The van der Waals surface area contributed by atoms with Gasteiger partial charge in [0.05, 0.1) is 11.7 Å². The second-order valence-electron chi connectivity index (χ2n) is 8.67. The number of pyridine rings is 1. The van der Waals surface area contributed by atoms with E-state index in [0.29, 0.717) is 26.2 Å². The first-order chi connectivity index (χ1) is 16.3. The smallest absolute Gasteiger partial charge is 0.409 e. The highest BCUT2D eigenvalue weighted by Crippen LogP contribution is 2.44. The molecular weight excluding hydrogens is 481 g/mol. The Balaban J connectivity index is 0.00000144. The SMILES string of the molecule is Cl.Cl.O=C(OCC1c2ccccc2-c2ccccc21)N1CCNC(c2nccc3ccccc23)C1. The van der Waals surface area contributed by atoms with Crippen LogP contribution in [0.2, 0.25) is 0 Å². The molecular formula is C28H27Cl2N3O2. The highest BCUT2D eigenvalue weighted by molar-refractivity contribution is 5.86. The average Bonchev–Trinajstić information content (AvgIpc) is 3.21. The van der Waals surface area contributed by atoms with Crippen LogP contribution in [0.1, 0.15) is 28.8 Å². The van der Waals surface area contributed by atoms with E-state index in [9.17, 15) is 4.79 Å². The predicted octanol–water partition coefficient (Wildman–Crippen LogP) is 5.97. The topological polar surface area (TPSA) is 54.5 Å². The van der Waals surface area contributed by atoms with Gasteiger partial charge in [-0.3, -0.25) is 4.98 Å². The van der Waals surface area contributed by atoms with E-state index in [0.717, 1.165) is 16.5 Å². The van der Waals surface area contributed by atoms with Crippen molar-refractivity contribution in [2.24, 2.45) is 0 Å². The van der Waals surface area contributed by atoms with Crippen LogP contribution < -0.4 is 5.32 Å². The quantitative estimate of drug-likeness (QED) is 0.370. The summed E-state index contributed by atoms with van der Waals surface area (Å²) in [4.78, 5) is 19.5. The van der Waals surface area contributed by atoms with Crippen molar-refractivity contribution in [2.45, 2.75) is 12.0 Å². The lowest BCUT2D eigenvalue weighted by Crippen LogP contribution is -2.48. The second-order valence-corrected chi connectivity index (χ2v) is 8.67. The van der Waals surface area contributed by atoms with Gasteiger partial charge in [-0.05, 0) is 33.7 Å². The number of carbonyl (C=O) groups excluding carboxylic acids is 1. The lowest BCUT2D eigenvalue weighted by atomic mass is 9.98. The molecule has 7 heteroatoms. The van der Waals surface area contributed by atoms with Gasteiger partial charge in [0.25, 0.3) is 0 Å². The van der Waals surface area contributed by atoms with Gasteiger partial charge >= 0.3 is 6.09 Å². The molecule has 5 nitrogen and oxygen atoms in total. The number of nitrogens with one attached hydrogen (secondary N) is 1. The van der Waals surface area contributed by atoms with Gasteiger partial charge in [0.1, 0.15) is 6.61 Å². The van der Waals surface area contributed by atoms with E-state index in [1.807, 2.05) is 24.4 Å². The highest BCUT2D eigenvalue weighted by atomic mass is 35.5. The number of aromatic nitrogens is 1. The number of rotatable bonds is 3. The van der Waals surface area contributed by atoms with Crippen molar-refractivity contribution < 1.29 is 9.53 Å². The molecule has 0 radical (unpaired) electrons. The minimum Gasteiger partial charge on any atom is -0.448 e. The molecule has 6 rings (SSSR count). The van der Waals surface area contributed by atoms with Crippen LogP contribution in [0.25, 0.3) is 21.9 Å². The number of carbonyl (C=O) groups is 1. The van der Waals surface area contributed by atoms with Gasteiger partial charge in [0, 0.05) is 37.1 Å². The van der Waals surface area contributed by atoms with Crippen molar-refractivity contribution in [3.05, 3.63) is 102 Å². The zero-order valence-corrected chi connectivity index (χ0v) is 20.7. The number of fused-ring (bicyclic) bond motifs is 4. The maximum Gasteiger partial charge on any atom is 0.409 e. The molecule has 1 aromatic heterocycles. The summed E-state index contributed by atoms with van der Waals surface area (Å²) in [5.41, 5.74) is 5.90. The normalized spacial score (nSPS) is 16.6. The van der Waals surface area contributed by atoms with Gasteiger partial charge in [-0.1, -0.05) is 72.8 Å². The van der Waals surface area contributed by atoms with E-state index in [2.05, 4.69) is 71.0 Å². The minimum atomic E-state index is -0.261. The summed E-state index contributed by atoms with van der Waals surface area (Å²) in [6, 6.07) is 27.0. The molecule has 1 aliphatic heterocycles. The molecule has 2 heterocycles. The van der Waals surface area contributed by atoms with Crippen LogP contribution >= 0.6 is 24.8 Å². The van der Waals surface area contributed by atoms with Crippen molar-refractivity contribution in [3.8, 4) is 11.1 Å². The Bertz CT molecular complexity index is 1300. The Morgan fingerprint density at radius 2 is 1.57 bits per heavy atom. The molecule has 2 aliphatic rings. The molecule has 1 amide bonds. The van der Waals surface area contributed by atoms with Gasteiger partial charge in [-0.15, -0.1) is 24.8 Å². The molecule has 0 bridgehead atoms. The second kappa shape index (κ2) is 10.6. The molecule has 1 saturated heterocycles. The van der Waals surface area contributed by atoms with E-state index >= 15 is 0 Å². The maximum absolute atomic E-state index is 13.1. The third-order valence-electron chi connectivity index (χ3n) is 6.80. The largest absolute Gasteiger partial charge is 0.448 e. The van der Waals surface area contributed by atoms with Crippen LogP contribution in [0.15, 0.2) is 85.1 Å². The van der Waals surface area contributed by atoms with Crippen LogP contribution in [0, 0.1) is 0 Å². The summed E-state index contributed by atoms with van der Waals surface area (Å²) < 4.78 is 5.89. The summed E-state index contributed by atoms with van der Waals surface area (Å²) in [6.07, 6.45) is 1.58. The molecule has 180 valence electrons. The van der Waals surface area contributed by atoms with Gasteiger partial charge < -0.3 is 15.0 Å². The zero-order chi connectivity index (χ0) is 22.2. The molecule has 4 aromatic rings. The van der Waals surface area contributed by atoms with E-state index in [4.69, 9.17) is 4.74 Å². The first-order valence-corrected chi connectivity index (χ1v) is 11.5. The monoisotopic (exact) mass is 507 g/mol. The number of halogens is 2. The van der Waals surface area contributed by atoms with Crippen molar-refractivity contribution in [2.75, 3.05) is 26.2 Å². The first-order valence-electron chi connectivity index (χ1n) is 11.5. The average molecular weight is 508 g/mol. The van der Waals surface area contributed by atoms with Crippen molar-refractivity contribution in [3.63, 3.8) is 0 Å². The molecule has 1 atom stereocenters. The van der Waals surface area contributed by atoms with Gasteiger partial charge in [0.2, 0.25) is 0 Å². The van der Waals surface area contributed by atoms with Crippen LogP contribution in [0.5, 0.6) is 0 Å². The summed E-state index contributed by atoms with van der Waals surface area (Å²) in [5, 5.41) is 5.80. The summed E-state index contributed by atoms with van der Waals surface area (Å²) >= 11 is 0. The van der Waals surface area contributed by atoms with Gasteiger partial charge in [-0.2, -0.15) is 0 Å². The van der Waals surface area contributed by atoms with Crippen molar-refractivity contribution in [1.82, 2.24) is 15.2 Å². The Kier molecular flexibility index (Phi) is 7.60. The van der Waals surface area contributed by atoms with Gasteiger partial charge in [-0.25, -0.2) is 4.79 Å². The number of amides is 1. The van der Waals surface area contributed by atoms with Crippen LogP contribution in [0.4, 0.5) is 4.79 Å². The molecule has 0 spiro atoms. The van der Waals surface area contributed by atoms with E-state index < -0.39 is 0 Å². The first kappa shape index (κ1) is 25.0. The number of nitrogens with zero attached hydrogens (tertiary/aromatic N) is 2. The maximum atomic E-state index is 13.1. The fourth-order valence-corrected chi connectivity index (χ4v) is 5.20. The number of hydrogen-bond donors (Lipinski definition) is 1. The molecule has 1 fully saturated rings. The molecule has 35 heavy (non-hydrogen) atoms. The Hall–Kier alpha value is -3.12. The molecule has 1 aliphatic carbocycles. The standard InChI is InChI=1S/C28H25N3O2.2ClH/c32-28(33-18-25-23-11-5-3-9-21(23)22-10-4-6-12-24(22)25)31-16-15-29-26(17-31)27-20-8-2-1-7-19(20)13-14-30-27;;/h1-14,25-26,29H,15-18H2;2*1H. The van der Waals surface area contributed by atoms with Gasteiger partial charge in [0.15, 0.2) is 0 Å². The van der Waals surface area contributed by atoms with Crippen molar-refractivity contribution in [1.29, 1.82) is 0 Å². The summed E-state index contributed by atoms with van der Waals surface area (Å²) in [6.45, 7) is 2.21. The fourth-order valence-electron chi connectivity index (χ4n) is 5.20. The highest BCUT2D eigenvalue weighted by Gasteiger charge is 2.31. The number of benzene rings is 3. The Morgan fingerprint density at radius 3 is 2.31 bits per heavy atom. The number of ether oxygens (including phenoxy) is 1. The lowest BCUT2D eigenvalue weighted by molar-refractivity contribution is 0.0881. The fraction of sp³-hybridized carbons (Fsp3) is 0.214.